The molecule has 6 heteroatoms. The van der Waals surface area contributed by atoms with Gasteiger partial charge in [-0.2, -0.15) is 0 Å². The number of pyridine rings is 1. The molecular formula is C21H20ClFN4. The lowest BCUT2D eigenvalue weighted by Gasteiger charge is -2.37. The highest BCUT2D eigenvalue weighted by Crippen LogP contribution is 2.29. The van der Waals surface area contributed by atoms with E-state index < -0.39 is 0 Å². The van der Waals surface area contributed by atoms with Crippen molar-refractivity contribution in [3.05, 3.63) is 71.5 Å². The summed E-state index contributed by atoms with van der Waals surface area (Å²) < 4.78 is 13.2. The molecule has 4 nitrogen and oxygen atoms in total. The van der Waals surface area contributed by atoms with Crippen LogP contribution in [0.3, 0.4) is 0 Å². The molecule has 2 aromatic carbocycles. The Morgan fingerprint density at radius 2 is 1.56 bits per heavy atom. The molecule has 0 atom stereocenters. The Kier molecular flexibility index (Phi) is 4.86. The van der Waals surface area contributed by atoms with Crippen LogP contribution in [0.2, 0.25) is 5.02 Å². The maximum Gasteiger partial charge on any atom is 0.126 e. The highest BCUT2D eigenvalue weighted by molar-refractivity contribution is 6.33. The monoisotopic (exact) mass is 382 g/mol. The van der Waals surface area contributed by atoms with Gasteiger partial charge in [0.15, 0.2) is 0 Å². The van der Waals surface area contributed by atoms with E-state index in [1.54, 1.807) is 12.1 Å². The van der Waals surface area contributed by atoms with Crippen LogP contribution in [0, 0.1) is 5.82 Å². The zero-order valence-electron chi connectivity index (χ0n) is 14.8. The first-order chi connectivity index (χ1) is 13.1. The second kappa shape index (κ2) is 7.45. The van der Waals surface area contributed by atoms with Gasteiger partial charge in [-0.25, -0.2) is 9.37 Å². The molecule has 0 amide bonds. The van der Waals surface area contributed by atoms with Crippen molar-refractivity contribution in [2.24, 2.45) is 0 Å². The molecule has 1 fully saturated rings. The van der Waals surface area contributed by atoms with E-state index in [9.17, 15) is 4.39 Å². The fourth-order valence-corrected chi connectivity index (χ4v) is 3.66. The predicted molar refractivity (Wildman–Crippen MR) is 110 cm³/mol. The SMILES string of the molecule is Nc1cc(N2CCN(c3ccccc3Cl)CC2)cc(-c2ccc(F)cc2)n1. The zero-order valence-corrected chi connectivity index (χ0v) is 15.5. The van der Waals surface area contributed by atoms with Crippen molar-refractivity contribution in [2.75, 3.05) is 41.7 Å². The summed E-state index contributed by atoms with van der Waals surface area (Å²) in [6.45, 7) is 3.46. The van der Waals surface area contributed by atoms with Gasteiger partial charge in [-0.3, -0.25) is 0 Å². The summed E-state index contributed by atoms with van der Waals surface area (Å²) in [4.78, 5) is 8.99. The summed E-state index contributed by atoms with van der Waals surface area (Å²) >= 11 is 6.32. The summed E-state index contributed by atoms with van der Waals surface area (Å²) in [5.74, 6) is 0.193. The van der Waals surface area contributed by atoms with Crippen molar-refractivity contribution in [3.63, 3.8) is 0 Å². The van der Waals surface area contributed by atoms with Crippen LogP contribution in [0.1, 0.15) is 0 Å². The van der Waals surface area contributed by atoms with E-state index in [1.807, 2.05) is 30.3 Å². The fourth-order valence-electron chi connectivity index (χ4n) is 3.40. The van der Waals surface area contributed by atoms with Gasteiger partial charge >= 0.3 is 0 Å². The Labute approximate surface area is 163 Å². The smallest absolute Gasteiger partial charge is 0.126 e. The first kappa shape index (κ1) is 17.6. The summed E-state index contributed by atoms with van der Waals surface area (Å²) in [6, 6.07) is 18.1. The number of hydrogen-bond donors (Lipinski definition) is 1. The molecule has 0 spiro atoms. The second-order valence-corrected chi connectivity index (χ2v) is 6.98. The third kappa shape index (κ3) is 3.83. The van der Waals surface area contributed by atoms with Crippen LogP contribution in [0.5, 0.6) is 0 Å². The van der Waals surface area contributed by atoms with Crippen LogP contribution in [0.25, 0.3) is 11.3 Å². The Hall–Kier alpha value is -2.79. The zero-order chi connectivity index (χ0) is 18.8. The van der Waals surface area contributed by atoms with Crippen LogP contribution < -0.4 is 15.5 Å². The number of nitrogens with two attached hydrogens (primary N) is 1. The maximum atomic E-state index is 13.2. The van der Waals surface area contributed by atoms with Gasteiger partial charge in [-0.1, -0.05) is 23.7 Å². The molecule has 0 unspecified atom stereocenters. The summed E-state index contributed by atoms with van der Waals surface area (Å²) in [6.07, 6.45) is 0. The minimum absolute atomic E-state index is 0.265. The molecule has 3 aromatic rings. The number of aromatic nitrogens is 1. The molecule has 138 valence electrons. The quantitative estimate of drug-likeness (QED) is 0.726. The summed E-state index contributed by atoms with van der Waals surface area (Å²) in [5, 5.41) is 0.776. The average Bonchev–Trinajstić information content (AvgIpc) is 2.69. The third-order valence-corrected chi connectivity index (χ3v) is 5.13. The van der Waals surface area contributed by atoms with E-state index in [-0.39, 0.29) is 5.82 Å². The van der Waals surface area contributed by atoms with Crippen LogP contribution in [0.15, 0.2) is 60.7 Å². The van der Waals surface area contributed by atoms with E-state index >= 15 is 0 Å². The Balaban J connectivity index is 1.53. The van der Waals surface area contributed by atoms with Crippen LogP contribution >= 0.6 is 11.6 Å². The highest BCUT2D eigenvalue weighted by atomic mass is 35.5. The van der Waals surface area contributed by atoms with Crippen molar-refractivity contribution < 1.29 is 4.39 Å². The lowest BCUT2D eigenvalue weighted by molar-refractivity contribution is 0.628. The fraction of sp³-hybridized carbons (Fsp3) is 0.190. The topological polar surface area (TPSA) is 45.4 Å². The number of anilines is 3. The van der Waals surface area contributed by atoms with Gasteiger partial charge in [-0.05, 0) is 42.5 Å². The third-order valence-electron chi connectivity index (χ3n) is 4.81. The van der Waals surface area contributed by atoms with E-state index in [0.29, 0.717) is 5.82 Å². The highest BCUT2D eigenvalue weighted by Gasteiger charge is 2.20. The summed E-state index contributed by atoms with van der Waals surface area (Å²) in [7, 11) is 0. The predicted octanol–water partition coefficient (Wildman–Crippen LogP) is 4.45. The van der Waals surface area contributed by atoms with Gasteiger partial charge in [0.1, 0.15) is 11.6 Å². The molecular weight excluding hydrogens is 363 g/mol. The minimum Gasteiger partial charge on any atom is -0.384 e. The molecule has 1 aliphatic rings. The van der Waals surface area contributed by atoms with Crippen LogP contribution in [0.4, 0.5) is 21.6 Å². The van der Waals surface area contributed by atoms with E-state index in [2.05, 4.69) is 20.9 Å². The number of hydrogen-bond acceptors (Lipinski definition) is 4. The number of nitrogens with zero attached hydrogens (tertiary/aromatic N) is 3. The van der Waals surface area contributed by atoms with Gasteiger partial charge in [0.25, 0.3) is 0 Å². The normalized spacial score (nSPS) is 14.4. The lowest BCUT2D eigenvalue weighted by Crippen LogP contribution is -2.46. The van der Waals surface area contributed by atoms with E-state index in [0.717, 1.165) is 53.8 Å². The number of benzene rings is 2. The molecule has 1 saturated heterocycles. The second-order valence-electron chi connectivity index (χ2n) is 6.57. The lowest BCUT2D eigenvalue weighted by atomic mass is 10.1. The molecule has 1 aromatic heterocycles. The van der Waals surface area contributed by atoms with Gasteiger partial charge in [0.2, 0.25) is 0 Å². The average molecular weight is 383 g/mol. The van der Waals surface area contributed by atoms with Gasteiger partial charge in [-0.15, -0.1) is 0 Å². The van der Waals surface area contributed by atoms with Crippen molar-refractivity contribution in [2.45, 2.75) is 0 Å². The molecule has 4 rings (SSSR count). The van der Waals surface area contributed by atoms with Crippen molar-refractivity contribution in [1.82, 2.24) is 4.98 Å². The van der Waals surface area contributed by atoms with E-state index in [4.69, 9.17) is 17.3 Å². The molecule has 0 bridgehead atoms. The molecule has 27 heavy (non-hydrogen) atoms. The van der Waals surface area contributed by atoms with Crippen molar-refractivity contribution >= 4 is 28.8 Å². The van der Waals surface area contributed by atoms with Crippen molar-refractivity contribution in [1.29, 1.82) is 0 Å². The largest absolute Gasteiger partial charge is 0.384 e. The Morgan fingerprint density at radius 3 is 2.26 bits per heavy atom. The minimum atomic E-state index is -0.265. The Bertz CT molecular complexity index is 937. The van der Waals surface area contributed by atoms with E-state index in [1.165, 1.54) is 12.1 Å². The molecule has 0 saturated carbocycles. The van der Waals surface area contributed by atoms with Crippen molar-refractivity contribution in [3.8, 4) is 11.3 Å². The number of nitrogen functional groups attached to an aromatic ring is 1. The molecule has 0 radical (unpaired) electrons. The molecule has 2 heterocycles. The molecule has 0 aliphatic carbocycles. The van der Waals surface area contributed by atoms with Gasteiger partial charge < -0.3 is 15.5 Å². The standard InChI is InChI=1S/C21H20ClFN4/c22-18-3-1-2-4-20(18)27-11-9-26(10-12-27)17-13-19(25-21(24)14-17)15-5-7-16(23)8-6-15/h1-8,13-14H,9-12H2,(H2,24,25). The number of piperazine rings is 1. The Morgan fingerprint density at radius 1 is 0.889 bits per heavy atom. The van der Waals surface area contributed by atoms with Gasteiger partial charge in [0.05, 0.1) is 16.4 Å². The molecule has 1 aliphatic heterocycles. The first-order valence-corrected chi connectivity index (χ1v) is 9.26. The maximum absolute atomic E-state index is 13.2. The summed E-state index contributed by atoms with van der Waals surface area (Å²) in [5.41, 5.74) is 9.73. The van der Waals surface area contributed by atoms with Crippen LogP contribution in [-0.4, -0.2) is 31.2 Å². The van der Waals surface area contributed by atoms with Crippen LogP contribution in [-0.2, 0) is 0 Å². The molecule has 2 N–H and O–H groups in total. The first-order valence-electron chi connectivity index (χ1n) is 8.88. The number of halogens is 2. The number of para-hydroxylation sites is 1. The number of rotatable bonds is 3. The van der Waals surface area contributed by atoms with Gasteiger partial charge in [0, 0.05) is 43.5 Å².